The molecule has 0 fully saturated rings. The van der Waals surface area contributed by atoms with E-state index in [-0.39, 0.29) is 0 Å². The topological polar surface area (TPSA) is 70.3 Å². The van der Waals surface area contributed by atoms with Crippen molar-refractivity contribution in [1.82, 2.24) is 14.9 Å². The third-order valence-electron chi connectivity index (χ3n) is 3.08. The van der Waals surface area contributed by atoms with Crippen LogP contribution in [0.4, 0.5) is 17.6 Å². The van der Waals surface area contributed by atoms with Crippen molar-refractivity contribution in [2.45, 2.75) is 33.2 Å². The summed E-state index contributed by atoms with van der Waals surface area (Å²) >= 11 is 0. The van der Waals surface area contributed by atoms with Crippen LogP contribution in [0.1, 0.15) is 27.2 Å². The minimum Gasteiger partial charge on any atom is -0.370 e. The molecule has 1 heterocycles. The number of hydrogen-bond donors (Lipinski definition) is 2. The molecule has 0 aliphatic carbocycles. The maximum Gasteiger partial charge on any atom is 0.223 e. The van der Waals surface area contributed by atoms with E-state index in [9.17, 15) is 0 Å². The second kappa shape index (κ2) is 7.89. The average Bonchev–Trinajstić information content (AvgIpc) is 2.35. The third-order valence-corrected chi connectivity index (χ3v) is 3.08. The molecule has 1 aromatic heterocycles. The van der Waals surface area contributed by atoms with E-state index in [4.69, 9.17) is 5.73 Å². The van der Waals surface area contributed by atoms with Crippen molar-refractivity contribution in [2.24, 2.45) is 0 Å². The average molecular weight is 280 g/mol. The fraction of sp³-hybridized carbons (Fsp3) is 0.714. The van der Waals surface area contributed by atoms with Crippen molar-refractivity contribution in [2.75, 3.05) is 49.7 Å². The Morgan fingerprint density at radius 1 is 1.30 bits per heavy atom. The normalized spacial score (nSPS) is 12.5. The quantitative estimate of drug-likeness (QED) is 0.754. The van der Waals surface area contributed by atoms with Gasteiger partial charge in [-0.1, -0.05) is 6.92 Å². The Morgan fingerprint density at radius 3 is 2.55 bits per heavy atom. The highest BCUT2D eigenvalue weighted by Gasteiger charge is 2.16. The van der Waals surface area contributed by atoms with Gasteiger partial charge in [0.25, 0.3) is 0 Å². The molecular weight excluding hydrogens is 252 g/mol. The largest absolute Gasteiger partial charge is 0.370 e. The number of aromatic nitrogens is 2. The Hall–Kier alpha value is -1.56. The van der Waals surface area contributed by atoms with Gasteiger partial charge in [-0.05, 0) is 34.4 Å². The highest BCUT2D eigenvalue weighted by atomic mass is 15.3. The Labute approximate surface area is 122 Å². The third kappa shape index (κ3) is 4.85. The summed E-state index contributed by atoms with van der Waals surface area (Å²) in [5.74, 6) is 1.99. The van der Waals surface area contributed by atoms with Crippen molar-refractivity contribution in [3.05, 3.63) is 6.07 Å². The van der Waals surface area contributed by atoms with Gasteiger partial charge in [-0.15, -0.1) is 0 Å². The predicted molar refractivity (Wildman–Crippen MR) is 86.3 cm³/mol. The van der Waals surface area contributed by atoms with Gasteiger partial charge < -0.3 is 20.9 Å². The molecule has 0 saturated heterocycles. The molecule has 0 radical (unpaired) electrons. The smallest absolute Gasteiger partial charge is 0.223 e. The van der Waals surface area contributed by atoms with Crippen molar-refractivity contribution >= 4 is 17.6 Å². The van der Waals surface area contributed by atoms with E-state index in [0.29, 0.717) is 12.0 Å². The van der Waals surface area contributed by atoms with E-state index in [1.54, 1.807) is 0 Å². The first-order chi connectivity index (χ1) is 9.47. The van der Waals surface area contributed by atoms with E-state index in [2.05, 4.69) is 60.0 Å². The summed E-state index contributed by atoms with van der Waals surface area (Å²) in [7, 11) is 4.15. The molecule has 0 saturated carbocycles. The molecular formula is C14H28N6. The second-order valence-electron chi connectivity index (χ2n) is 5.29. The maximum absolute atomic E-state index is 5.83. The van der Waals surface area contributed by atoms with E-state index in [0.717, 1.165) is 37.7 Å². The van der Waals surface area contributed by atoms with Gasteiger partial charge in [0.1, 0.15) is 11.6 Å². The highest BCUT2D eigenvalue weighted by Crippen LogP contribution is 2.19. The summed E-state index contributed by atoms with van der Waals surface area (Å²) in [6.07, 6.45) is 1.05. The number of nitrogens with zero attached hydrogens (tertiary/aromatic N) is 4. The van der Waals surface area contributed by atoms with Crippen LogP contribution in [0.3, 0.4) is 0 Å². The van der Waals surface area contributed by atoms with Gasteiger partial charge in [-0.3, -0.25) is 0 Å². The molecule has 1 atom stereocenters. The molecule has 0 bridgehead atoms. The number of nitrogen functional groups attached to an aromatic ring is 1. The summed E-state index contributed by atoms with van der Waals surface area (Å²) < 4.78 is 0. The number of nitrogens with one attached hydrogen (secondary N) is 1. The summed E-state index contributed by atoms with van der Waals surface area (Å²) in [5, 5.41) is 3.27. The molecule has 6 nitrogen and oxygen atoms in total. The monoisotopic (exact) mass is 280 g/mol. The first-order valence-electron chi connectivity index (χ1n) is 7.27. The Kier molecular flexibility index (Phi) is 6.51. The van der Waals surface area contributed by atoms with Gasteiger partial charge in [0.2, 0.25) is 5.95 Å². The highest BCUT2D eigenvalue weighted by molar-refractivity contribution is 5.53. The SMILES string of the molecule is CCCNc1cc(N(CC)C(C)CN(C)C)nc(N)n1. The molecule has 3 N–H and O–H groups in total. The number of hydrogen-bond acceptors (Lipinski definition) is 6. The minimum atomic E-state index is 0.316. The lowest BCUT2D eigenvalue weighted by molar-refractivity contribution is 0.372. The van der Waals surface area contributed by atoms with Gasteiger partial charge in [0, 0.05) is 31.7 Å². The van der Waals surface area contributed by atoms with Gasteiger partial charge >= 0.3 is 0 Å². The van der Waals surface area contributed by atoms with Gasteiger partial charge in [0.05, 0.1) is 0 Å². The van der Waals surface area contributed by atoms with E-state index < -0.39 is 0 Å². The molecule has 1 unspecified atom stereocenters. The summed E-state index contributed by atoms with van der Waals surface area (Å²) in [6, 6.07) is 2.34. The van der Waals surface area contributed by atoms with Crippen molar-refractivity contribution in [1.29, 1.82) is 0 Å². The zero-order valence-electron chi connectivity index (χ0n) is 13.3. The van der Waals surface area contributed by atoms with Gasteiger partial charge in [-0.25, -0.2) is 0 Å². The predicted octanol–water partition coefficient (Wildman–Crippen LogP) is 1.66. The fourth-order valence-electron chi connectivity index (χ4n) is 2.27. The Morgan fingerprint density at radius 2 is 2.00 bits per heavy atom. The molecule has 1 aromatic rings. The second-order valence-corrected chi connectivity index (χ2v) is 5.29. The lowest BCUT2D eigenvalue weighted by Crippen LogP contribution is -2.40. The first-order valence-corrected chi connectivity index (χ1v) is 7.27. The van der Waals surface area contributed by atoms with Gasteiger partial charge in [0.15, 0.2) is 0 Å². The van der Waals surface area contributed by atoms with Crippen LogP contribution >= 0.6 is 0 Å². The fourth-order valence-corrected chi connectivity index (χ4v) is 2.27. The lowest BCUT2D eigenvalue weighted by atomic mass is 10.2. The van der Waals surface area contributed by atoms with Crippen molar-refractivity contribution in [3.63, 3.8) is 0 Å². The molecule has 0 aliphatic heterocycles. The van der Waals surface area contributed by atoms with E-state index >= 15 is 0 Å². The maximum atomic E-state index is 5.83. The number of nitrogens with two attached hydrogens (primary N) is 1. The molecule has 1 rings (SSSR count). The van der Waals surface area contributed by atoms with Crippen molar-refractivity contribution < 1.29 is 0 Å². The molecule has 0 aromatic carbocycles. The number of likely N-dealkylation sites (N-methyl/N-ethyl adjacent to an activating group) is 2. The summed E-state index contributed by atoms with van der Waals surface area (Å²) in [6.45, 7) is 9.18. The molecule has 0 aliphatic rings. The first kappa shape index (κ1) is 16.5. The summed E-state index contributed by atoms with van der Waals surface area (Å²) in [5.41, 5.74) is 5.83. The lowest BCUT2D eigenvalue weighted by Gasteiger charge is -2.31. The molecule has 0 amide bonds. The van der Waals surface area contributed by atoms with Crippen LogP contribution in [-0.4, -0.2) is 54.6 Å². The van der Waals surface area contributed by atoms with Crippen LogP contribution in [0.15, 0.2) is 6.07 Å². The number of anilines is 3. The van der Waals surface area contributed by atoms with Gasteiger partial charge in [-0.2, -0.15) is 9.97 Å². The molecule has 114 valence electrons. The van der Waals surface area contributed by atoms with E-state index in [1.807, 2.05) is 6.07 Å². The molecule has 0 spiro atoms. The summed E-state index contributed by atoms with van der Waals surface area (Å²) in [4.78, 5) is 13.0. The molecule has 20 heavy (non-hydrogen) atoms. The zero-order chi connectivity index (χ0) is 15.1. The molecule has 6 heteroatoms. The van der Waals surface area contributed by atoms with E-state index in [1.165, 1.54) is 0 Å². The van der Waals surface area contributed by atoms with Crippen LogP contribution in [0, 0.1) is 0 Å². The van der Waals surface area contributed by atoms with Crippen LogP contribution in [0.2, 0.25) is 0 Å². The number of rotatable bonds is 8. The van der Waals surface area contributed by atoms with Crippen molar-refractivity contribution in [3.8, 4) is 0 Å². The Balaban J connectivity index is 2.93. The zero-order valence-corrected chi connectivity index (χ0v) is 13.3. The van der Waals surface area contributed by atoms with Crippen LogP contribution < -0.4 is 16.0 Å². The van der Waals surface area contributed by atoms with Crippen LogP contribution in [-0.2, 0) is 0 Å². The van der Waals surface area contributed by atoms with Crippen LogP contribution in [0.5, 0.6) is 0 Å². The Bertz CT molecular complexity index is 407. The minimum absolute atomic E-state index is 0.316. The standard InChI is InChI=1S/C14H28N6/c1-6-8-16-12-9-13(18-14(15)17-12)20(7-2)11(3)10-19(4)5/h9,11H,6-8,10H2,1-5H3,(H3,15,16,17,18). The van der Waals surface area contributed by atoms with Crippen LogP contribution in [0.25, 0.3) is 0 Å².